The Morgan fingerprint density at radius 3 is 2.61 bits per heavy atom. The van der Waals surface area contributed by atoms with Crippen LogP contribution in [0, 0.1) is 0 Å². The summed E-state index contributed by atoms with van der Waals surface area (Å²) < 4.78 is 1.89. The normalized spacial score (nSPS) is 16.0. The highest BCUT2D eigenvalue weighted by Crippen LogP contribution is 2.09. The average molecular weight is 314 g/mol. The molecule has 0 bridgehead atoms. The predicted molar refractivity (Wildman–Crippen MR) is 89.0 cm³/mol. The first kappa shape index (κ1) is 15.3. The van der Waals surface area contributed by atoms with Gasteiger partial charge in [0.25, 0.3) is 0 Å². The number of guanidine groups is 1. The van der Waals surface area contributed by atoms with Gasteiger partial charge in [0.2, 0.25) is 5.95 Å². The number of aryl methyl sites for hydroxylation is 1. The Morgan fingerprint density at radius 2 is 1.96 bits per heavy atom. The molecule has 0 atom stereocenters. The van der Waals surface area contributed by atoms with E-state index in [0.29, 0.717) is 12.5 Å². The second-order valence-electron chi connectivity index (χ2n) is 5.36. The van der Waals surface area contributed by atoms with Crippen molar-refractivity contribution in [1.82, 2.24) is 24.6 Å². The molecule has 0 unspecified atom stereocenters. The van der Waals surface area contributed by atoms with Gasteiger partial charge in [-0.3, -0.25) is 4.68 Å². The molecule has 1 fully saturated rings. The van der Waals surface area contributed by atoms with Crippen molar-refractivity contribution in [2.75, 3.05) is 31.1 Å². The molecular formula is C15H22N8. The van der Waals surface area contributed by atoms with Crippen LogP contribution in [-0.4, -0.2) is 56.8 Å². The van der Waals surface area contributed by atoms with Crippen LogP contribution in [0.4, 0.5) is 5.95 Å². The molecule has 1 aliphatic rings. The molecule has 2 N–H and O–H groups in total. The highest BCUT2D eigenvalue weighted by molar-refractivity contribution is 5.78. The summed E-state index contributed by atoms with van der Waals surface area (Å²) in [6, 6.07) is 3.80. The lowest BCUT2D eigenvalue weighted by molar-refractivity contribution is 0.378. The van der Waals surface area contributed by atoms with Crippen molar-refractivity contribution in [2.45, 2.75) is 20.0 Å². The Balaban J connectivity index is 1.53. The summed E-state index contributed by atoms with van der Waals surface area (Å²) in [5, 5.41) is 4.41. The number of nitrogens with two attached hydrogens (primary N) is 1. The van der Waals surface area contributed by atoms with Gasteiger partial charge < -0.3 is 15.5 Å². The predicted octanol–water partition coefficient (Wildman–Crippen LogP) is 0.330. The summed E-state index contributed by atoms with van der Waals surface area (Å²) in [7, 11) is 0. The Labute approximate surface area is 135 Å². The number of aliphatic imine (C=N–C) groups is 1. The molecule has 8 nitrogen and oxygen atoms in total. The molecule has 122 valence electrons. The van der Waals surface area contributed by atoms with Crippen molar-refractivity contribution < 1.29 is 0 Å². The van der Waals surface area contributed by atoms with Crippen LogP contribution >= 0.6 is 0 Å². The van der Waals surface area contributed by atoms with Gasteiger partial charge in [-0.15, -0.1) is 0 Å². The number of piperazine rings is 1. The molecule has 1 aliphatic heterocycles. The van der Waals surface area contributed by atoms with Gasteiger partial charge >= 0.3 is 0 Å². The van der Waals surface area contributed by atoms with Gasteiger partial charge in [-0.05, 0) is 19.1 Å². The average Bonchev–Trinajstić information content (AvgIpc) is 3.09. The van der Waals surface area contributed by atoms with Crippen LogP contribution in [0.3, 0.4) is 0 Å². The van der Waals surface area contributed by atoms with E-state index in [4.69, 9.17) is 5.73 Å². The Kier molecular flexibility index (Phi) is 4.70. The lowest BCUT2D eigenvalue weighted by Gasteiger charge is -2.35. The lowest BCUT2D eigenvalue weighted by atomic mass is 10.3. The van der Waals surface area contributed by atoms with Crippen molar-refractivity contribution in [2.24, 2.45) is 10.7 Å². The van der Waals surface area contributed by atoms with E-state index in [2.05, 4.69) is 36.8 Å². The zero-order valence-corrected chi connectivity index (χ0v) is 13.3. The number of nitrogens with zero attached hydrogens (tertiary/aromatic N) is 7. The van der Waals surface area contributed by atoms with Gasteiger partial charge in [0.1, 0.15) is 0 Å². The molecule has 0 aromatic carbocycles. The van der Waals surface area contributed by atoms with Crippen molar-refractivity contribution in [3.05, 3.63) is 36.4 Å². The molecule has 2 aromatic heterocycles. The molecule has 0 saturated carbocycles. The van der Waals surface area contributed by atoms with Crippen molar-refractivity contribution in [1.29, 1.82) is 0 Å². The Bertz CT molecular complexity index is 643. The van der Waals surface area contributed by atoms with Crippen LogP contribution in [-0.2, 0) is 13.1 Å². The fourth-order valence-electron chi connectivity index (χ4n) is 2.52. The van der Waals surface area contributed by atoms with E-state index < -0.39 is 0 Å². The standard InChI is InChI=1S/C15H22N8/c1-2-23-7-4-13(20-23)12-19-14(16)21-8-10-22(11-9-21)15-17-5-3-6-18-15/h3-7H,2,8-12H2,1H3,(H2,16,19). The van der Waals surface area contributed by atoms with Crippen LogP contribution in [0.2, 0.25) is 0 Å². The molecular weight excluding hydrogens is 292 g/mol. The van der Waals surface area contributed by atoms with E-state index in [1.807, 2.05) is 23.0 Å². The number of hydrogen-bond acceptors (Lipinski definition) is 5. The first-order valence-electron chi connectivity index (χ1n) is 7.85. The maximum absolute atomic E-state index is 6.11. The number of hydrogen-bond donors (Lipinski definition) is 1. The van der Waals surface area contributed by atoms with Crippen LogP contribution in [0.5, 0.6) is 0 Å². The van der Waals surface area contributed by atoms with Gasteiger partial charge in [-0.2, -0.15) is 5.10 Å². The van der Waals surface area contributed by atoms with E-state index in [0.717, 1.165) is 44.4 Å². The zero-order valence-electron chi connectivity index (χ0n) is 13.3. The van der Waals surface area contributed by atoms with E-state index in [1.165, 1.54) is 0 Å². The highest BCUT2D eigenvalue weighted by atomic mass is 15.4. The van der Waals surface area contributed by atoms with Crippen molar-refractivity contribution in [3.63, 3.8) is 0 Å². The second-order valence-corrected chi connectivity index (χ2v) is 5.36. The molecule has 2 aromatic rings. The van der Waals surface area contributed by atoms with E-state index >= 15 is 0 Å². The van der Waals surface area contributed by atoms with Crippen LogP contribution in [0.15, 0.2) is 35.7 Å². The summed E-state index contributed by atoms with van der Waals surface area (Å²) in [5.74, 6) is 1.34. The molecule has 0 aliphatic carbocycles. The molecule has 23 heavy (non-hydrogen) atoms. The SMILES string of the molecule is CCn1ccc(CN=C(N)N2CCN(c3ncccn3)CC2)n1. The summed E-state index contributed by atoms with van der Waals surface area (Å²) >= 11 is 0. The monoisotopic (exact) mass is 314 g/mol. The molecule has 0 spiro atoms. The van der Waals surface area contributed by atoms with Crippen molar-refractivity contribution in [3.8, 4) is 0 Å². The second kappa shape index (κ2) is 7.08. The van der Waals surface area contributed by atoms with E-state index in [-0.39, 0.29) is 0 Å². The van der Waals surface area contributed by atoms with Gasteiger partial charge in [-0.25, -0.2) is 15.0 Å². The third-order valence-electron chi connectivity index (χ3n) is 3.86. The minimum atomic E-state index is 0.515. The fourth-order valence-corrected chi connectivity index (χ4v) is 2.52. The number of rotatable bonds is 4. The summed E-state index contributed by atoms with van der Waals surface area (Å²) in [6.45, 7) is 6.75. The van der Waals surface area contributed by atoms with Gasteiger partial charge in [0.15, 0.2) is 5.96 Å². The lowest BCUT2D eigenvalue weighted by Crippen LogP contribution is -2.51. The minimum absolute atomic E-state index is 0.515. The van der Waals surface area contributed by atoms with Gasteiger partial charge in [0, 0.05) is 51.3 Å². The summed E-state index contributed by atoms with van der Waals surface area (Å²) in [6.07, 6.45) is 5.49. The first-order valence-corrected chi connectivity index (χ1v) is 7.85. The molecule has 0 radical (unpaired) electrons. The van der Waals surface area contributed by atoms with Gasteiger partial charge in [0.05, 0.1) is 12.2 Å². The minimum Gasteiger partial charge on any atom is -0.370 e. The summed E-state index contributed by atoms with van der Waals surface area (Å²) in [5.41, 5.74) is 7.05. The Morgan fingerprint density at radius 1 is 1.22 bits per heavy atom. The smallest absolute Gasteiger partial charge is 0.225 e. The molecule has 3 heterocycles. The largest absolute Gasteiger partial charge is 0.370 e. The van der Waals surface area contributed by atoms with Crippen molar-refractivity contribution >= 4 is 11.9 Å². The highest BCUT2D eigenvalue weighted by Gasteiger charge is 2.19. The third-order valence-corrected chi connectivity index (χ3v) is 3.86. The van der Waals surface area contributed by atoms with Crippen LogP contribution in [0.1, 0.15) is 12.6 Å². The molecule has 0 amide bonds. The fraction of sp³-hybridized carbons (Fsp3) is 0.467. The maximum atomic E-state index is 6.11. The zero-order chi connectivity index (χ0) is 16.1. The maximum Gasteiger partial charge on any atom is 0.225 e. The molecule has 1 saturated heterocycles. The van der Waals surface area contributed by atoms with E-state index in [9.17, 15) is 0 Å². The number of aromatic nitrogens is 4. The first-order chi connectivity index (χ1) is 11.3. The van der Waals surface area contributed by atoms with Gasteiger partial charge in [-0.1, -0.05) is 0 Å². The third kappa shape index (κ3) is 3.77. The summed E-state index contributed by atoms with van der Waals surface area (Å²) in [4.78, 5) is 17.3. The quantitative estimate of drug-likeness (QED) is 0.646. The topological polar surface area (TPSA) is 88.5 Å². The van der Waals surface area contributed by atoms with E-state index in [1.54, 1.807) is 12.4 Å². The van der Waals surface area contributed by atoms with Crippen LogP contribution < -0.4 is 10.6 Å². The molecule has 3 rings (SSSR count). The van der Waals surface area contributed by atoms with Crippen LogP contribution in [0.25, 0.3) is 0 Å². The number of anilines is 1. The Hall–Kier alpha value is -2.64. The molecule has 8 heteroatoms.